The summed E-state index contributed by atoms with van der Waals surface area (Å²) >= 11 is 0. The van der Waals surface area contributed by atoms with Gasteiger partial charge in [0.15, 0.2) is 0 Å². The van der Waals surface area contributed by atoms with Gasteiger partial charge in [0.1, 0.15) is 5.54 Å². The average molecular weight is 200 g/mol. The highest BCUT2D eigenvalue weighted by Gasteiger charge is 2.35. The van der Waals surface area contributed by atoms with E-state index in [-0.39, 0.29) is 5.97 Å². The van der Waals surface area contributed by atoms with Gasteiger partial charge >= 0.3 is 5.97 Å². The normalized spacial score (nSPS) is 21.9. The molecule has 1 N–H and O–H groups in total. The van der Waals surface area contributed by atoms with Crippen LogP contribution in [0.5, 0.6) is 0 Å². The zero-order valence-electron chi connectivity index (χ0n) is 9.30. The highest BCUT2D eigenvalue weighted by atomic mass is 16.5. The van der Waals surface area contributed by atoms with Crippen LogP contribution in [-0.4, -0.2) is 50.2 Å². The van der Waals surface area contributed by atoms with Crippen molar-refractivity contribution in [2.45, 2.75) is 25.3 Å². The van der Waals surface area contributed by atoms with Gasteiger partial charge < -0.3 is 15.0 Å². The number of carbonyl (C=O) groups is 1. The Balaban J connectivity index is 2.55. The van der Waals surface area contributed by atoms with Crippen molar-refractivity contribution in [3.05, 3.63) is 0 Å². The van der Waals surface area contributed by atoms with E-state index in [0.717, 1.165) is 19.6 Å². The van der Waals surface area contributed by atoms with Crippen molar-refractivity contribution in [1.29, 1.82) is 0 Å². The molecule has 4 heteroatoms. The Morgan fingerprint density at radius 2 is 2.07 bits per heavy atom. The number of hydrogen-bond donors (Lipinski definition) is 1. The minimum Gasteiger partial charge on any atom is -0.468 e. The zero-order valence-corrected chi connectivity index (χ0v) is 9.30. The van der Waals surface area contributed by atoms with Gasteiger partial charge in [-0.05, 0) is 39.9 Å². The van der Waals surface area contributed by atoms with Crippen LogP contribution in [0, 0.1) is 0 Å². The van der Waals surface area contributed by atoms with Gasteiger partial charge in [0, 0.05) is 6.54 Å². The lowest BCUT2D eigenvalue weighted by Crippen LogP contribution is -2.55. The summed E-state index contributed by atoms with van der Waals surface area (Å²) in [7, 11) is 3.23. The number of ether oxygens (including phenoxy) is 1. The number of likely N-dealkylation sites (N-methyl/N-ethyl adjacent to an activating group) is 1. The standard InChI is InChI=1S/C10H20N2O2/c1-10(11-2,9(13)14-3)8-12-6-4-5-7-12/h11H,4-8H2,1-3H3. The first kappa shape index (κ1) is 11.5. The van der Waals surface area contributed by atoms with Gasteiger partial charge in [-0.2, -0.15) is 0 Å². The number of carbonyl (C=O) groups excluding carboxylic acids is 1. The van der Waals surface area contributed by atoms with E-state index in [9.17, 15) is 4.79 Å². The zero-order chi connectivity index (χ0) is 10.6. The molecule has 0 aromatic carbocycles. The Morgan fingerprint density at radius 3 is 2.50 bits per heavy atom. The maximum atomic E-state index is 11.5. The third-order valence-corrected chi connectivity index (χ3v) is 2.93. The molecule has 4 nitrogen and oxygen atoms in total. The number of nitrogens with zero attached hydrogens (tertiary/aromatic N) is 1. The summed E-state index contributed by atoms with van der Waals surface area (Å²) in [4.78, 5) is 13.8. The molecule has 0 amide bonds. The van der Waals surface area contributed by atoms with Crippen LogP contribution in [-0.2, 0) is 9.53 Å². The molecule has 82 valence electrons. The van der Waals surface area contributed by atoms with Gasteiger partial charge in [-0.3, -0.25) is 4.79 Å². The second-order valence-electron chi connectivity index (χ2n) is 4.06. The summed E-state index contributed by atoms with van der Waals surface area (Å²) in [5, 5.41) is 3.04. The lowest BCUT2D eigenvalue weighted by Gasteiger charge is -2.30. The van der Waals surface area contributed by atoms with Crippen molar-refractivity contribution in [3.8, 4) is 0 Å². The van der Waals surface area contributed by atoms with Crippen molar-refractivity contribution in [2.24, 2.45) is 0 Å². The van der Waals surface area contributed by atoms with E-state index in [2.05, 4.69) is 10.2 Å². The minimum absolute atomic E-state index is 0.188. The fourth-order valence-electron chi connectivity index (χ4n) is 1.86. The maximum Gasteiger partial charge on any atom is 0.327 e. The van der Waals surface area contributed by atoms with Crippen molar-refractivity contribution in [1.82, 2.24) is 10.2 Å². The van der Waals surface area contributed by atoms with E-state index in [1.807, 2.05) is 6.92 Å². The monoisotopic (exact) mass is 200 g/mol. The van der Waals surface area contributed by atoms with Crippen LogP contribution in [0.2, 0.25) is 0 Å². The summed E-state index contributed by atoms with van der Waals surface area (Å²) in [5.74, 6) is -0.188. The van der Waals surface area contributed by atoms with E-state index in [1.165, 1.54) is 20.0 Å². The molecule has 1 fully saturated rings. The molecule has 1 heterocycles. The number of hydrogen-bond acceptors (Lipinski definition) is 4. The number of methoxy groups -OCH3 is 1. The SMILES string of the molecule is CNC(C)(CN1CCCC1)C(=O)OC. The van der Waals surface area contributed by atoms with E-state index in [4.69, 9.17) is 4.74 Å². The summed E-state index contributed by atoms with van der Waals surface area (Å²) in [6.45, 7) is 4.80. The highest BCUT2D eigenvalue weighted by Crippen LogP contribution is 2.14. The lowest BCUT2D eigenvalue weighted by molar-refractivity contribution is -0.148. The molecule has 0 aromatic rings. The third kappa shape index (κ3) is 2.45. The van der Waals surface area contributed by atoms with Crippen LogP contribution in [0.3, 0.4) is 0 Å². The largest absolute Gasteiger partial charge is 0.468 e. The summed E-state index contributed by atoms with van der Waals surface area (Å²) < 4.78 is 4.79. The Labute approximate surface area is 85.6 Å². The number of esters is 1. The Hall–Kier alpha value is -0.610. The highest BCUT2D eigenvalue weighted by molar-refractivity contribution is 5.80. The predicted octanol–water partition coefficient (Wildman–Crippen LogP) is 0.233. The van der Waals surface area contributed by atoms with Gasteiger partial charge in [-0.25, -0.2) is 0 Å². The molecule has 0 radical (unpaired) electrons. The molecular formula is C10H20N2O2. The first-order valence-corrected chi connectivity index (χ1v) is 5.12. The van der Waals surface area contributed by atoms with Gasteiger partial charge in [-0.15, -0.1) is 0 Å². The van der Waals surface area contributed by atoms with E-state index < -0.39 is 5.54 Å². The van der Waals surface area contributed by atoms with Gasteiger partial charge in [0.25, 0.3) is 0 Å². The quantitative estimate of drug-likeness (QED) is 0.660. The van der Waals surface area contributed by atoms with Crippen LogP contribution in [0.4, 0.5) is 0 Å². The number of nitrogens with one attached hydrogen (secondary N) is 1. The molecule has 0 aliphatic carbocycles. The van der Waals surface area contributed by atoms with Crippen LogP contribution in [0.15, 0.2) is 0 Å². The van der Waals surface area contributed by atoms with Gasteiger partial charge in [0.05, 0.1) is 7.11 Å². The summed E-state index contributed by atoms with van der Waals surface area (Å²) in [5.41, 5.74) is -0.570. The first-order chi connectivity index (χ1) is 6.62. The fraction of sp³-hybridized carbons (Fsp3) is 0.900. The molecule has 0 aromatic heterocycles. The smallest absolute Gasteiger partial charge is 0.327 e. The van der Waals surface area contributed by atoms with Gasteiger partial charge in [-0.1, -0.05) is 0 Å². The van der Waals surface area contributed by atoms with Crippen molar-refractivity contribution < 1.29 is 9.53 Å². The molecule has 0 spiro atoms. The molecule has 1 aliphatic rings. The van der Waals surface area contributed by atoms with Crippen LogP contribution >= 0.6 is 0 Å². The average Bonchev–Trinajstić information content (AvgIpc) is 2.68. The number of likely N-dealkylation sites (tertiary alicyclic amines) is 1. The maximum absolute atomic E-state index is 11.5. The minimum atomic E-state index is -0.570. The lowest BCUT2D eigenvalue weighted by atomic mass is 10.0. The second kappa shape index (κ2) is 4.75. The molecule has 1 aliphatic heterocycles. The van der Waals surface area contributed by atoms with E-state index in [1.54, 1.807) is 7.05 Å². The molecule has 14 heavy (non-hydrogen) atoms. The van der Waals surface area contributed by atoms with Gasteiger partial charge in [0.2, 0.25) is 0 Å². The van der Waals surface area contributed by atoms with Crippen molar-refractivity contribution >= 4 is 5.97 Å². The van der Waals surface area contributed by atoms with Crippen molar-refractivity contribution in [2.75, 3.05) is 33.8 Å². The van der Waals surface area contributed by atoms with Crippen molar-refractivity contribution in [3.63, 3.8) is 0 Å². The Kier molecular flexibility index (Phi) is 3.89. The predicted molar refractivity (Wildman–Crippen MR) is 55.2 cm³/mol. The Morgan fingerprint density at radius 1 is 1.50 bits per heavy atom. The van der Waals surface area contributed by atoms with E-state index >= 15 is 0 Å². The summed E-state index contributed by atoms with van der Waals surface area (Å²) in [6.07, 6.45) is 2.47. The topological polar surface area (TPSA) is 41.6 Å². The number of rotatable bonds is 4. The second-order valence-corrected chi connectivity index (χ2v) is 4.06. The molecule has 0 saturated carbocycles. The summed E-state index contributed by atoms with van der Waals surface area (Å²) in [6, 6.07) is 0. The molecule has 1 rings (SSSR count). The molecule has 1 unspecified atom stereocenters. The molecule has 1 atom stereocenters. The molecular weight excluding hydrogens is 180 g/mol. The molecule has 1 saturated heterocycles. The van der Waals surface area contributed by atoms with Crippen LogP contribution in [0.25, 0.3) is 0 Å². The van der Waals surface area contributed by atoms with Crippen LogP contribution < -0.4 is 5.32 Å². The third-order valence-electron chi connectivity index (χ3n) is 2.93. The fourth-order valence-corrected chi connectivity index (χ4v) is 1.86. The molecule has 0 bridgehead atoms. The van der Waals surface area contributed by atoms with Crippen LogP contribution in [0.1, 0.15) is 19.8 Å². The Bertz CT molecular complexity index is 202. The first-order valence-electron chi connectivity index (χ1n) is 5.12. The van der Waals surface area contributed by atoms with E-state index in [0.29, 0.717) is 0 Å².